The van der Waals surface area contributed by atoms with Crippen molar-refractivity contribution in [3.05, 3.63) is 35.9 Å². The Morgan fingerprint density at radius 1 is 1.04 bits per heavy atom. The summed E-state index contributed by atoms with van der Waals surface area (Å²) in [4.78, 5) is 13.2. The van der Waals surface area contributed by atoms with Crippen molar-refractivity contribution in [1.82, 2.24) is 5.01 Å². The average molecular weight is 370 g/mol. The van der Waals surface area contributed by atoms with Crippen molar-refractivity contribution in [2.45, 2.75) is 31.7 Å². The summed E-state index contributed by atoms with van der Waals surface area (Å²) in [7, 11) is 3.26. The Balaban J connectivity index is 1.75. The number of allylic oxidation sites excluding steroid dienone is 2. The van der Waals surface area contributed by atoms with Gasteiger partial charge in [0, 0.05) is 24.7 Å². The molecule has 27 heavy (non-hydrogen) atoms. The normalized spacial score (nSPS) is 25.8. The van der Waals surface area contributed by atoms with Crippen LogP contribution in [0.1, 0.15) is 31.2 Å². The monoisotopic (exact) mass is 370 g/mol. The van der Waals surface area contributed by atoms with Gasteiger partial charge in [0.1, 0.15) is 0 Å². The number of carbonyl (C=O) groups is 1. The number of ether oxygens (including phenoxy) is 3. The van der Waals surface area contributed by atoms with Gasteiger partial charge in [-0.15, -0.1) is 0 Å². The molecular formula is C21H26N2O4. The third kappa shape index (κ3) is 3.34. The van der Waals surface area contributed by atoms with E-state index in [0.29, 0.717) is 24.7 Å². The van der Waals surface area contributed by atoms with Gasteiger partial charge in [-0.1, -0.05) is 12.2 Å². The van der Waals surface area contributed by atoms with E-state index in [1.165, 1.54) is 0 Å². The van der Waals surface area contributed by atoms with Crippen molar-refractivity contribution in [1.29, 1.82) is 0 Å². The fourth-order valence-electron chi connectivity index (χ4n) is 4.26. The molecule has 1 aromatic carbocycles. The molecule has 0 saturated carbocycles. The number of methoxy groups -OCH3 is 2. The third-order valence-corrected chi connectivity index (χ3v) is 5.76. The topological polar surface area (TPSA) is 60.4 Å². The lowest BCUT2D eigenvalue weighted by atomic mass is 9.76. The minimum atomic E-state index is -0.0431. The Morgan fingerprint density at radius 3 is 2.44 bits per heavy atom. The molecule has 3 aliphatic rings. The second-order valence-corrected chi connectivity index (χ2v) is 7.24. The van der Waals surface area contributed by atoms with Gasteiger partial charge >= 0.3 is 0 Å². The molecule has 1 aromatic rings. The number of rotatable bonds is 4. The van der Waals surface area contributed by atoms with Crippen LogP contribution >= 0.6 is 0 Å². The zero-order chi connectivity index (χ0) is 18.8. The van der Waals surface area contributed by atoms with Crippen molar-refractivity contribution in [3.63, 3.8) is 0 Å². The lowest BCUT2D eigenvalue weighted by Crippen LogP contribution is -2.50. The Labute approximate surface area is 159 Å². The second kappa shape index (κ2) is 7.72. The molecule has 6 nitrogen and oxygen atoms in total. The highest BCUT2D eigenvalue weighted by Gasteiger charge is 2.42. The molecule has 0 bridgehead atoms. The number of benzene rings is 1. The molecule has 1 saturated heterocycles. The standard InChI is InChI=1S/C21H26N2O4/c1-25-18-8-7-14(13-19(18)26-2)20-16-5-3-4-6-17(16)21(24)23(22-20)15-9-11-27-12-10-15/h3-4,7-8,13,15-17H,5-6,9-12H2,1-2H3/t16-,17+/m1/s1. The summed E-state index contributed by atoms with van der Waals surface area (Å²) in [5.74, 6) is 1.58. The summed E-state index contributed by atoms with van der Waals surface area (Å²) in [6.45, 7) is 1.37. The SMILES string of the molecule is COc1ccc(C2=NN(C3CCOCC3)C(=O)[C@H]3CC=CC[C@@H]23)cc1OC. The van der Waals surface area contributed by atoms with E-state index in [1.807, 2.05) is 18.2 Å². The molecule has 2 atom stereocenters. The van der Waals surface area contributed by atoms with Crippen molar-refractivity contribution < 1.29 is 19.0 Å². The maximum Gasteiger partial charge on any atom is 0.247 e. The van der Waals surface area contributed by atoms with E-state index >= 15 is 0 Å². The number of hydrogen-bond acceptors (Lipinski definition) is 5. The molecular weight excluding hydrogens is 344 g/mol. The van der Waals surface area contributed by atoms with Gasteiger partial charge in [0.05, 0.1) is 31.9 Å². The molecule has 0 unspecified atom stereocenters. The van der Waals surface area contributed by atoms with Gasteiger partial charge in [0.2, 0.25) is 5.91 Å². The van der Waals surface area contributed by atoms with Crippen LogP contribution in [-0.4, -0.2) is 50.1 Å². The van der Waals surface area contributed by atoms with Crippen LogP contribution in [0.25, 0.3) is 0 Å². The number of nitrogens with zero attached hydrogens (tertiary/aromatic N) is 2. The van der Waals surface area contributed by atoms with Gasteiger partial charge in [-0.3, -0.25) is 4.79 Å². The first-order chi connectivity index (χ1) is 13.2. The molecule has 0 aromatic heterocycles. The van der Waals surface area contributed by atoms with E-state index in [1.54, 1.807) is 19.2 Å². The summed E-state index contributed by atoms with van der Waals surface area (Å²) in [6, 6.07) is 5.99. The van der Waals surface area contributed by atoms with Gasteiger partial charge in [-0.05, 0) is 43.9 Å². The number of hydrazone groups is 1. The summed E-state index contributed by atoms with van der Waals surface area (Å²) < 4.78 is 16.3. The van der Waals surface area contributed by atoms with Gasteiger partial charge < -0.3 is 14.2 Å². The highest BCUT2D eigenvalue weighted by atomic mass is 16.5. The molecule has 4 rings (SSSR count). The van der Waals surface area contributed by atoms with Gasteiger partial charge in [0.25, 0.3) is 0 Å². The minimum absolute atomic E-state index is 0.0431. The number of hydrogen-bond donors (Lipinski definition) is 0. The van der Waals surface area contributed by atoms with Crippen LogP contribution in [0.4, 0.5) is 0 Å². The predicted octanol–water partition coefficient (Wildman–Crippen LogP) is 3.01. The summed E-state index contributed by atoms with van der Waals surface area (Å²) in [5.41, 5.74) is 1.96. The number of fused-ring (bicyclic) bond motifs is 1. The maximum atomic E-state index is 13.2. The summed E-state index contributed by atoms with van der Waals surface area (Å²) in [6.07, 6.45) is 7.57. The zero-order valence-electron chi connectivity index (χ0n) is 15.9. The second-order valence-electron chi connectivity index (χ2n) is 7.24. The smallest absolute Gasteiger partial charge is 0.247 e. The first kappa shape index (κ1) is 18.0. The van der Waals surface area contributed by atoms with E-state index in [9.17, 15) is 4.79 Å². The van der Waals surface area contributed by atoms with Crippen molar-refractivity contribution in [3.8, 4) is 11.5 Å². The number of carbonyl (C=O) groups excluding carboxylic acids is 1. The van der Waals surface area contributed by atoms with Gasteiger partial charge in [0.15, 0.2) is 11.5 Å². The van der Waals surface area contributed by atoms with Crippen molar-refractivity contribution in [2.24, 2.45) is 16.9 Å². The predicted molar refractivity (Wildman–Crippen MR) is 102 cm³/mol. The quantitative estimate of drug-likeness (QED) is 0.765. The van der Waals surface area contributed by atoms with Gasteiger partial charge in [-0.25, -0.2) is 5.01 Å². The molecule has 2 heterocycles. The molecule has 1 aliphatic carbocycles. The molecule has 1 fully saturated rings. The van der Waals surface area contributed by atoms with Crippen LogP contribution in [0.3, 0.4) is 0 Å². The average Bonchev–Trinajstić information content (AvgIpc) is 2.74. The van der Waals surface area contributed by atoms with Crippen LogP contribution in [0.15, 0.2) is 35.5 Å². The van der Waals surface area contributed by atoms with Crippen LogP contribution < -0.4 is 9.47 Å². The first-order valence-electron chi connectivity index (χ1n) is 9.59. The summed E-state index contributed by atoms with van der Waals surface area (Å²) >= 11 is 0. The fraction of sp³-hybridized carbons (Fsp3) is 0.524. The molecule has 0 N–H and O–H groups in total. The van der Waals surface area contributed by atoms with Crippen molar-refractivity contribution >= 4 is 11.6 Å². The lowest BCUT2D eigenvalue weighted by Gasteiger charge is -2.41. The molecule has 1 amide bonds. The maximum absolute atomic E-state index is 13.2. The molecule has 0 spiro atoms. The molecule has 2 aliphatic heterocycles. The third-order valence-electron chi connectivity index (χ3n) is 5.76. The lowest BCUT2D eigenvalue weighted by molar-refractivity contribution is -0.142. The Morgan fingerprint density at radius 2 is 1.74 bits per heavy atom. The Hall–Kier alpha value is -2.34. The molecule has 6 heteroatoms. The highest BCUT2D eigenvalue weighted by molar-refractivity contribution is 6.07. The van der Waals surface area contributed by atoms with E-state index in [-0.39, 0.29) is 23.8 Å². The minimum Gasteiger partial charge on any atom is -0.493 e. The largest absolute Gasteiger partial charge is 0.493 e. The van der Waals surface area contributed by atoms with Crippen LogP contribution in [-0.2, 0) is 9.53 Å². The van der Waals surface area contributed by atoms with E-state index in [4.69, 9.17) is 19.3 Å². The first-order valence-corrected chi connectivity index (χ1v) is 9.59. The van der Waals surface area contributed by atoms with Crippen LogP contribution in [0.5, 0.6) is 11.5 Å². The highest BCUT2D eigenvalue weighted by Crippen LogP contribution is 2.38. The van der Waals surface area contributed by atoms with Gasteiger partial charge in [-0.2, -0.15) is 5.10 Å². The zero-order valence-corrected chi connectivity index (χ0v) is 15.9. The van der Waals surface area contributed by atoms with E-state index in [2.05, 4.69) is 12.2 Å². The Kier molecular flexibility index (Phi) is 5.16. The number of amides is 1. The van der Waals surface area contributed by atoms with E-state index in [0.717, 1.165) is 37.0 Å². The van der Waals surface area contributed by atoms with Crippen molar-refractivity contribution in [2.75, 3.05) is 27.4 Å². The molecule has 0 radical (unpaired) electrons. The van der Waals surface area contributed by atoms with Crippen LogP contribution in [0, 0.1) is 11.8 Å². The fourth-order valence-corrected chi connectivity index (χ4v) is 4.26. The van der Waals surface area contributed by atoms with Crippen LogP contribution in [0.2, 0.25) is 0 Å². The Bertz CT molecular complexity index is 767. The van der Waals surface area contributed by atoms with E-state index < -0.39 is 0 Å². The molecule has 144 valence electrons. The summed E-state index contributed by atoms with van der Waals surface area (Å²) in [5, 5.41) is 6.63.